The van der Waals surface area contributed by atoms with E-state index in [0.29, 0.717) is 35.2 Å². The van der Waals surface area contributed by atoms with Gasteiger partial charge < -0.3 is 9.80 Å². The van der Waals surface area contributed by atoms with Crippen molar-refractivity contribution in [3.63, 3.8) is 0 Å². The summed E-state index contributed by atoms with van der Waals surface area (Å²) in [6.45, 7) is 3.78. The summed E-state index contributed by atoms with van der Waals surface area (Å²) in [6.07, 6.45) is 0. The third-order valence-corrected chi connectivity index (χ3v) is 4.89. The Kier molecular flexibility index (Phi) is 4.07. The van der Waals surface area contributed by atoms with Crippen molar-refractivity contribution >= 4 is 22.5 Å². The Morgan fingerprint density at radius 3 is 2.77 bits per heavy atom. The maximum absolute atomic E-state index is 13.6. The van der Waals surface area contributed by atoms with Gasteiger partial charge in [0, 0.05) is 49.5 Å². The van der Waals surface area contributed by atoms with Gasteiger partial charge in [-0.15, -0.1) is 0 Å². The number of pyridine rings is 1. The molecule has 0 aliphatic carbocycles. The van der Waals surface area contributed by atoms with Crippen LogP contribution in [0.15, 0.2) is 48.5 Å². The zero-order valence-corrected chi connectivity index (χ0v) is 14.9. The lowest BCUT2D eigenvalue weighted by molar-refractivity contribution is 0.0753. The Bertz CT molecular complexity index is 996. The number of halogens is 1. The van der Waals surface area contributed by atoms with Gasteiger partial charge in [-0.3, -0.25) is 9.78 Å². The molecular formula is C21H20FN3O. The Morgan fingerprint density at radius 2 is 1.92 bits per heavy atom. The molecule has 132 valence electrons. The van der Waals surface area contributed by atoms with E-state index in [1.807, 2.05) is 31.0 Å². The summed E-state index contributed by atoms with van der Waals surface area (Å²) in [5, 5.41) is 0.688. The average molecular weight is 349 g/mol. The predicted octanol–water partition coefficient (Wildman–Crippen LogP) is 3.77. The van der Waals surface area contributed by atoms with Gasteiger partial charge in [-0.2, -0.15) is 0 Å². The van der Waals surface area contributed by atoms with Crippen molar-refractivity contribution < 1.29 is 9.18 Å². The first-order valence-corrected chi connectivity index (χ1v) is 8.68. The smallest absolute Gasteiger partial charge is 0.254 e. The lowest BCUT2D eigenvalue weighted by Gasteiger charge is -2.22. The number of rotatable bonds is 1. The predicted molar refractivity (Wildman–Crippen MR) is 101 cm³/mol. The Balaban J connectivity index is 1.76. The number of amides is 1. The number of hydrogen-bond donors (Lipinski definition) is 0. The van der Waals surface area contributed by atoms with E-state index in [9.17, 15) is 9.18 Å². The Morgan fingerprint density at radius 1 is 1.12 bits per heavy atom. The van der Waals surface area contributed by atoms with Crippen LogP contribution in [0.5, 0.6) is 0 Å². The standard InChI is InChI=1S/C21H20FN3O/c1-14-11-18(17-8-7-16(22)12-19(17)23-14)21(26)25-10-9-24(2)20-6-4-3-5-15(20)13-25/h3-8,11-12H,9-10,13H2,1-2H3. The number of fused-ring (bicyclic) bond motifs is 2. The van der Waals surface area contributed by atoms with Crippen LogP contribution in [0.4, 0.5) is 10.1 Å². The largest absolute Gasteiger partial charge is 0.373 e. The fourth-order valence-electron chi connectivity index (χ4n) is 3.55. The van der Waals surface area contributed by atoms with Crippen molar-refractivity contribution in [3.8, 4) is 0 Å². The molecule has 5 heteroatoms. The van der Waals surface area contributed by atoms with Gasteiger partial charge in [0.05, 0.1) is 11.1 Å². The summed E-state index contributed by atoms with van der Waals surface area (Å²) in [5.74, 6) is -0.392. The number of aryl methyl sites for hydroxylation is 1. The van der Waals surface area contributed by atoms with Crippen molar-refractivity contribution in [1.82, 2.24) is 9.88 Å². The fraction of sp³-hybridized carbons (Fsp3) is 0.238. The van der Waals surface area contributed by atoms with E-state index in [0.717, 1.165) is 17.8 Å². The van der Waals surface area contributed by atoms with Gasteiger partial charge in [-0.25, -0.2) is 4.39 Å². The van der Waals surface area contributed by atoms with E-state index in [1.54, 1.807) is 12.1 Å². The molecule has 0 spiro atoms. The average Bonchev–Trinajstić information content (AvgIpc) is 2.79. The summed E-state index contributed by atoms with van der Waals surface area (Å²) >= 11 is 0. The minimum Gasteiger partial charge on any atom is -0.373 e. The van der Waals surface area contributed by atoms with Crippen molar-refractivity contribution in [1.29, 1.82) is 0 Å². The number of anilines is 1. The SMILES string of the molecule is Cc1cc(C(=O)N2CCN(C)c3ccccc3C2)c2ccc(F)cc2n1. The van der Waals surface area contributed by atoms with Crippen molar-refractivity contribution in [2.45, 2.75) is 13.5 Å². The highest BCUT2D eigenvalue weighted by molar-refractivity contribution is 6.06. The first-order chi connectivity index (χ1) is 12.5. The lowest BCUT2D eigenvalue weighted by atomic mass is 10.1. The number of likely N-dealkylation sites (N-methyl/N-ethyl adjacent to an activating group) is 1. The second kappa shape index (κ2) is 6.41. The van der Waals surface area contributed by atoms with Crippen LogP contribution in [0.1, 0.15) is 21.6 Å². The van der Waals surface area contributed by atoms with E-state index in [2.05, 4.69) is 22.0 Å². The summed E-state index contributed by atoms with van der Waals surface area (Å²) in [7, 11) is 2.04. The molecule has 0 N–H and O–H groups in total. The number of benzene rings is 2. The molecule has 0 unspecified atom stereocenters. The number of para-hydroxylation sites is 1. The van der Waals surface area contributed by atoms with E-state index < -0.39 is 0 Å². The van der Waals surface area contributed by atoms with Gasteiger partial charge in [0.25, 0.3) is 5.91 Å². The summed E-state index contributed by atoms with van der Waals surface area (Å²) in [4.78, 5) is 21.7. The van der Waals surface area contributed by atoms with E-state index in [-0.39, 0.29) is 11.7 Å². The van der Waals surface area contributed by atoms with Crippen LogP contribution < -0.4 is 4.90 Å². The summed E-state index contributed by atoms with van der Waals surface area (Å²) in [5.41, 5.74) is 4.08. The van der Waals surface area contributed by atoms with Gasteiger partial charge in [-0.05, 0) is 36.8 Å². The van der Waals surface area contributed by atoms with Gasteiger partial charge in [-0.1, -0.05) is 18.2 Å². The molecule has 0 atom stereocenters. The zero-order chi connectivity index (χ0) is 18.3. The minimum atomic E-state index is -0.348. The molecule has 2 aromatic carbocycles. The molecule has 1 aromatic heterocycles. The van der Waals surface area contributed by atoms with Crippen LogP contribution in [-0.2, 0) is 6.54 Å². The second-order valence-electron chi connectivity index (χ2n) is 6.75. The Hall–Kier alpha value is -2.95. The lowest BCUT2D eigenvalue weighted by Crippen LogP contribution is -2.34. The monoisotopic (exact) mass is 349 g/mol. The molecule has 0 radical (unpaired) electrons. The topological polar surface area (TPSA) is 36.4 Å². The molecule has 0 saturated heterocycles. The summed E-state index contributed by atoms with van der Waals surface area (Å²) in [6, 6.07) is 14.3. The van der Waals surface area contributed by atoms with Crippen LogP contribution in [0, 0.1) is 12.7 Å². The van der Waals surface area contributed by atoms with E-state index in [1.165, 1.54) is 12.1 Å². The van der Waals surface area contributed by atoms with E-state index >= 15 is 0 Å². The van der Waals surface area contributed by atoms with Gasteiger partial charge in [0.2, 0.25) is 0 Å². The normalized spacial score (nSPS) is 14.3. The molecule has 3 aromatic rings. The maximum Gasteiger partial charge on any atom is 0.254 e. The van der Waals surface area contributed by atoms with Crippen LogP contribution in [-0.4, -0.2) is 35.9 Å². The molecule has 4 nitrogen and oxygen atoms in total. The maximum atomic E-state index is 13.6. The molecule has 1 aliphatic rings. The van der Waals surface area contributed by atoms with Crippen LogP contribution in [0.25, 0.3) is 10.9 Å². The fourth-order valence-corrected chi connectivity index (χ4v) is 3.55. The molecule has 0 fully saturated rings. The van der Waals surface area contributed by atoms with Crippen molar-refractivity contribution in [3.05, 3.63) is 71.2 Å². The van der Waals surface area contributed by atoms with Crippen LogP contribution >= 0.6 is 0 Å². The number of carbonyl (C=O) groups excluding carboxylic acids is 1. The molecule has 1 aliphatic heterocycles. The Labute approximate surface area is 151 Å². The third-order valence-electron chi connectivity index (χ3n) is 4.89. The second-order valence-corrected chi connectivity index (χ2v) is 6.75. The molecule has 1 amide bonds. The molecule has 2 heterocycles. The number of nitrogens with zero attached hydrogens (tertiary/aromatic N) is 3. The van der Waals surface area contributed by atoms with Crippen molar-refractivity contribution in [2.75, 3.05) is 25.0 Å². The van der Waals surface area contributed by atoms with Crippen molar-refractivity contribution in [2.24, 2.45) is 0 Å². The molecule has 0 saturated carbocycles. The van der Waals surface area contributed by atoms with Gasteiger partial charge in [0.15, 0.2) is 0 Å². The zero-order valence-electron chi connectivity index (χ0n) is 14.9. The molecular weight excluding hydrogens is 329 g/mol. The van der Waals surface area contributed by atoms with E-state index in [4.69, 9.17) is 0 Å². The molecule has 26 heavy (non-hydrogen) atoms. The highest BCUT2D eigenvalue weighted by Crippen LogP contribution is 2.26. The van der Waals surface area contributed by atoms with Crippen LogP contribution in [0.2, 0.25) is 0 Å². The molecule has 4 rings (SSSR count). The first-order valence-electron chi connectivity index (χ1n) is 8.68. The number of hydrogen-bond acceptors (Lipinski definition) is 3. The quantitative estimate of drug-likeness (QED) is 0.671. The number of carbonyl (C=O) groups is 1. The van der Waals surface area contributed by atoms with Crippen LogP contribution in [0.3, 0.4) is 0 Å². The first kappa shape index (κ1) is 16.5. The molecule has 0 bridgehead atoms. The van der Waals surface area contributed by atoms with Gasteiger partial charge in [0.1, 0.15) is 5.82 Å². The van der Waals surface area contributed by atoms with Gasteiger partial charge >= 0.3 is 0 Å². The number of aromatic nitrogens is 1. The highest BCUT2D eigenvalue weighted by Gasteiger charge is 2.24. The highest BCUT2D eigenvalue weighted by atomic mass is 19.1. The summed E-state index contributed by atoms with van der Waals surface area (Å²) < 4.78 is 13.6. The third kappa shape index (κ3) is 2.90. The minimum absolute atomic E-state index is 0.0442.